The Morgan fingerprint density at radius 3 is 2.52 bits per heavy atom. The van der Waals surface area contributed by atoms with E-state index in [1.807, 2.05) is 17.0 Å². The summed E-state index contributed by atoms with van der Waals surface area (Å²) in [6.45, 7) is 4.11. The number of phenolic OH excluding ortho intramolecular Hbond substituents is 1. The lowest BCUT2D eigenvalue weighted by atomic mass is 10.1. The fourth-order valence-corrected chi connectivity index (χ4v) is 4.26. The lowest BCUT2D eigenvalue weighted by Crippen LogP contribution is -2.39. The molecule has 2 aliphatic heterocycles. The molecule has 1 aromatic rings. The van der Waals surface area contributed by atoms with Gasteiger partial charge < -0.3 is 14.9 Å². The zero-order valence-electron chi connectivity index (χ0n) is 12.2. The third kappa shape index (κ3) is 3.52. The first-order chi connectivity index (χ1) is 10.2. The summed E-state index contributed by atoms with van der Waals surface area (Å²) in [6, 6.07) is 7.22. The Balaban J connectivity index is 1.63. The number of carbonyl (C=O) groups excluding carboxylic acids is 1. The maximum absolute atomic E-state index is 12.1. The molecule has 5 heteroatoms. The maximum Gasteiger partial charge on any atom is 0.233 e. The Labute approximate surface area is 130 Å². The van der Waals surface area contributed by atoms with Crippen LogP contribution in [0.3, 0.4) is 0 Å². The average Bonchev–Trinajstić information content (AvgIpc) is 2.88. The first-order valence-corrected chi connectivity index (χ1v) is 8.71. The van der Waals surface area contributed by atoms with Crippen molar-refractivity contribution in [2.24, 2.45) is 0 Å². The minimum atomic E-state index is 0.0999. The molecule has 1 N–H and O–H groups in total. The SMILES string of the molecule is O=C1CSC(c2ccc(O)cc2)N1CCN1CCCCC1. The molecule has 0 spiro atoms. The van der Waals surface area contributed by atoms with Gasteiger partial charge in [0.05, 0.1) is 5.75 Å². The number of hydrogen-bond donors (Lipinski definition) is 1. The molecule has 114 valence electrons. The lowest BCUT2D eigenvalue weighted by molar-refractivity contribution is -0.128. The molecule has 2 heterocycles. The Hall–Kier alpha value is -1.20. The van der Waals surface area contributed by atoms with E-state index in [2.05, 4.69) is 4.90 Å². The van der Waals surface area contributed by atoms with Crippen LogP contribution >= 0.6 is 11.8 Å². The molecule has 21 heavy (non-hydrogen) atoms. The molecule has 1 amide bonds. The van der Waals surface area contributed by atoms with Gasteiger partial charge in [0, 0.05) is 13.1 Å². The van der Waals surface area contributed by atoms with Gasteiger partial charge >= 0.3 is 0 Å². The standard InChI is InChI=1S/C16H22N2O2S/c19-14-6-4-13(5-7-14)16-18(15(20)12-21-16)11-10-17-8-2-1-3-9-17/h4-7,16,19H,1-3,8-12H2. The van der Waals surface area contributed by atoms with Crippen LogP contribution in [0, 0.1) is 0 Å². The van der Waals surface area contributed by atoms with E-state index in [0.717, 1.165) is 18.7 Å². The van der Waals surface area contributed by atoms with E-state index in [1.165, 1.54) is 32.4 Å². The first-order valence-electron chi connectivity index (χ1n) is 7.66. The van der Waals surface area contributed by atoms with Crippen molar-refractivity contribution in [2.45, 2.75) is 24.6 Å². The molecule has 2 aliphatic rings. The summed E-state index contributed by atoms with van der Waals surface area (Å²) in [5.41, 5.74) is 1.10. The van der Waals surface area contributed by atoms with Crippen LogP contribution in [0.2, 0.25) is 0 Å². The number of rotatable bonds is 4. The number of thioether (sulfide) groups is 1. The summed E-state index contributed by atoms with van der Waals surface area (Å²) in [5, 5.41) is 9.50. The van der Waals surface area contributed by atoms with Gasteiger partial charge in [0.2, 0.25) is 5.91 Å². The molecule has 2 fully saturated rings. The predicted molar refractivity (Wildman–Crippen MR) is 85.3 cm³/mol. The molecule has 2 saturated heterocycles. The number of aromatic hydroxyl groups is 1. The average molecular weight is 306 g/mol. The van der Waals surface area contributed by atoms with Gasteiger partial charge in [-0.05, 0) is 43.6 Å². The number of nitrogens with zero attached hydrogens (tertiary/aromatic N) is 2. The molecule has 0 aromatic heterocycles. The molecule has 1 atom stereocenters. The number of carbonyl (C=O) groups is 1. The highest BCUT2D eigenvalue weighted by atomic mass is 32.2. The fraction of sp³-hybridized carbons (Fsp3) is 0.562. The summed E-state index contributed by atoms with van der Waals surface area (Å²) >= 11 is 1.68. The van der Waals surface area contributed by atoms with E-state index in [-0.39, 0.29) is 17.0 Å². The van der Waals surface area contributed by atoms with Gasteiger partial charge in [-0.15, -0.1) is 11.8 Å². The van der Waals surface area contributed by atoms with Crippen LogP contribution in [-0.4, -0.2) is 52.7 Å². The van der Waals surface area contributed by atoms with E-state index >= 15 is 0 Å². The van der Waals surface area contributed by atoms with Crippen molar-refractivity contribution in [2.75, 3.05) is 31.9 Å². The molecular weight excluding hydrogens is 284 g/mol. The molecule has 1 unspecified atom stereocenters. The van der Waals surface area contributed by atoms with Crippen molar-refractivity contribution in [1.29, 1.82) is 0 Å². The first kappa shape index (κ1) is 14.7. The minimum Gasteiger partial charge on any atom is -0.508 e. The second-order valence-electron chi connectivity index (χ2n) is 5.74. The Morgan fingerprint density at radius 2 is 1.81 bits per heavy atom. The molecule has 3 rings (SSSR count). The summed E-state index contributed by atoms with van der Waals surface area (Å²) in [6.07, 6.45) is 3.90. The van der Waals surface area contributed by atoms with E-state index < -0.39 is 0 Å². The number of amides is 1. The number of benzene rings is 1. The van der Waals surface area contributed by atoms with Crippen molar-refractivity contribution in [3.05, 3.63) is 29.8 Å². The van der Waals surface area contributed by atoms with Crippen LogP contribution in [0.1, 0.15) is 30.2 Å². The second kappa shape index (κ2) is 6.71. The number of phenols is 1. The van der Waals surface area contributed by atoms with Crippen molar-refractivity contribution >= 4 is 17.7 Å². The highest BCUT2D eigenvalue weighted by molar-refractivity contribution is 8.00. The molecule has 0 aliphatic carbocycles. The normalized spacial score (nSPS) is 23.7. The lowest BCUT2D eigenvalue weighted by Gasteiger charge is -2.30. The number of hydrogen-bond acceptors (Lipinski definition) is 4. The van der Waals surface area contributed by atoms with Crippen LogP contribution in [0.15, 0.2) is 24.3 Å². The van der Waals surface area contributed by atoms with Gasteiger partial charge in [-0.2, -0.15) is 0 Å². The molecule has 4 nitrogen and oxygen atoms in total. The van der Waals surface area contributed by atoms with E-state index in [0.29, 0.717) is 5.75 Å². The fourth-order valence-electron chi connectivity index (χ4n) is 3.04. The zero-order valence-corrected chi connectivity index (χ0v) is 13.0. The van der Waals surface area contributed by atoms with Crippen LogP contribution in [0.4, 0.5) is 0 Å². The topological polar surface area (TPSA) is 43.8 Å². The van der Waals surface area contributed by atoms with E-state index in [1.54, 1.807) is 23.9 Å². The van der Waals surface area contributed by atoms with Crippen molar-refractivity contribution in [1.82, 2.24) is 9.80 Å². The predicted octanol–water partition coefficient (Wildman–Crippen LogP) is 2.45. The van der Waals surface area contributed by atoms with Gasteiger partial charge in [0.25, 0.3) is 0 Å². The Morgan fingerprint density at radius 1 is 1.10 bits per heavy atom. The highest BCUT2D eigenvalue weighted by Gasteiger charge is 2.32. The zero-order chi connectivity index (χ0) is 14.7. The Bertz CT molecular complexity index is 486. The highest BCUT2D eigenvalue weighted by Crippen LogP contribution is 2.38. The third-order valence-corrected chi connectivity index (χ3v) is 5.51. The smallest absolute Gasteiger partial charge is 0.233 e. The molecule has 0 radical (unpaired) electrons. The second-order valence-corrected chi connectivity index (χ2v) is 6.81. The van der Waals surface area contributed by atoms with E-state index in [9.17, 15) is 9.90 Å². The van der Waals surface area contributed by atoms with Crippen LogP contribution < -0.4 is 0 Å². The van der Waals surface area contributed by atoms with Crippen LogP contribution in [-0.2, 0) is 4.79 Å². The van der Waals surface area contributed by atoms with Crippen molar-refractivity contribution < 1.29 is 9.90 Å². The van der Waals surface area contributed by atoms with E-state index in [4.69, 9.17) is 0 Å². The monoisotopic (exact) mass is 306 g/mol. The van der Waals surface area contributed by atoms with Crippen LogP contribution in [0.5, 0.6) is 5.75 Å². The minimum absolute atomic E-state index is 0.0999. The van der Waals surface area contributed by atoms with Gasteiger partial charge in [-0.3, -0.25) is 4.79 Å². The van der Waals surface area contributed by atoms with Gasteiger partial charge in [-0.1, -0.05) is 18.6 Å². The van der Waals surface area contributed by atoms with Crippen molar-refractivity contribution in [3.63, 3.8) is 0 Å². The summed E-state index contributed by atoms with van der Waals surface area (Å²) < 4.78 is 0. The number of likely N-dealkylation sites (tertiary alicyclic amines) is 1. The Kier molecular flexibility index (Phi) is 4.70. The summed E-state index contributed by atoms with van der Waals surface area (Å²) in [5.74, 6) is 1.06. The molecular formula is C16H22N2O2S. The largest absolute Gasteiger partial charge is 0.508 e. The molecule has 1 aromatic carbocycles. The van der Waals surface area contributed by atoms with Gasteiger partial charge in [-0.25, -0.2) is 0 Å². The van der Waals surface area contributed by atoms with Crippen molar-refractivity contribution in [3.8, 4) is 5.75 Å². The molecule has 0 bridgehead atoms. The quantitative estimate of drug-likeness (QED) is 0.928. The summed E-state index contributed by atoms with van der Waals surface area (Å²) in [7, 11) is 0. The van der Waals surface area contributed by atoms with Gasteiger partial charge in [0.1, 0.15) is 11.1 Å². The molecule has 0 saturated carbocycles. The number of piperidine rings is 1. The maximum atomic E-state index is 12.1. The third-order valence-electron chi connectivity index (χ3n) is 4.25. The van der Waals surface area contributed by atoms with Gasteiger partial charge in [0.15, 0.2) is 0 Å². The summed E-state index contributed by atoms with van der Waals surface area (Å²) in [4.78, 5) is 16.6. The van der Waals surface area contributed by atoms with Crippen LogP contribution in [0.25, 0.3) is 0 Å².